The molecule has 0 amide bonds. The molecule has 0 aliphatic heterocycles. The molecule has 9 heavy (non-hydrogen) atoms. The third kappa shape index (κ3) is 1.64. The maximum absolute atomic E-state index is 3.92. The second kappa shape index (κ2) is 2.64. The Morgan fingerprint density at radius 3 is 2.56 bits per heavy atom. The summed E-state index contributed by atoms with van der Waals surface area (Å²) in [6, 6.07) is 0. The van der Waals surface area contributed by atoms with Crippen LogP contribution in [0.15, 0.2) is 6.20 Å². The van der Waals surface area contributed by atoms with E-state index in [0.29, 0.717) is 5.92 Å². The number of aromatic nitrogens is 3. The Kier molecular flexibility index (Phi) is 2.05. The molecule has 1 rings (SSSR count). The molecule has 0 atom stereocenters. The van der Waals surface area contributed by atoms with Gasteiger partial charge in [-0.1, -0.05) is 19.1 Å². The highest BCUT2D eigenvalue weighted by Crippen LogP contribution is 2.09. The van der Waals surface area contributed by atoms with Crippen molar-refractivity contribution in [3.63, 3.8) is 0 Å². The maximum Gasteiger partial charge on any atom is 0.0863 e. The van der Waals surface area contributed by atoms with Crippen molar-refractivity contribution in [2.24, 2.45) is 0 Å². The lowest BCUT2D eigenvalue weighted by Gasteiger charge is -1.92. The van der Waals surface area contributed by atoms with Crippen LogP contribution in [0.2, 0.25) is 0 Å². The molecule has 3 nitrogen and oxygen atoms in total. The minimum Gasteiger partial charge on any atom is -0.191 e. The fraction of sp³-hybridized carbons (Fsp3) is 0.600. The molecule has 0 fully saturated rings. The van der Waals surface area contributed by atoms with Crippen molar-refractivity contribution in [1.82, 2.24) is 13.2 Å². The Bertz CT molecular complexity index is 194. The van der Waals surface area contributed by atoms with Gasteiger partial charge in [0.15, 0.2) is 0 Å². The molecule has 0 saturated heterocycles. The first-order valence-electron chi connectivity index (χ1n) is 2.78. The van der Waals surface area contributed by atoms with E-state index in [1.165, 1.54) is 0 Å². The lowest BCUT2D eigenvalue weighted by molar-refractivity contribution is 0.802. The summed E-state index contributed by atoms with van der Waals surface area (Å²) in [4.78, 5) is 0. The van der Waals surface area contributed by atoms with Gasteiger partial charge in [-0.25, -0.2) is 0 Å². The predicted molar refractivity (Wildman–Crippen MR) is 43.5 cm³/mol. The van der Waals surface area contributed by atoms with Gasteiger partial charge in [0.2, 0.25) is 0 Å². The normalized spacial score (nSPS) is 10.7. The molecular formula is C5H8IN3. The first-order chi connectivity index (χ1) is 4.20. The van der Waals surface area contributed by atoms with Crippen LogP contribution < -0.4 is 0 Å². The molecule has 4 heteroatoms. The van der Waals surface area contributed by atoms with Crippen molar-refractivity contribution in [1.29, 1.82) is 0 Å². The van der Waals surface area contributed by atoms with E-state index in [-0.39, 0.29) is 0 Å². The van der Waals surface area contributed by atoms with E-state index in [4.69, 9.17) is 0 Å². The molecule has 0 N–H and O–H groups in total. The van der Waals surface area contributed by atoms with Gasteiger partial charge in [0.05, 0.1) is 34.8 Å². The minimum atomic E-state index is 0.480. The van der Waals surface area contributed by atoms with Gasteiger partial charge in [0, 0.05) is 0 Å². The SMILES string of the molecule is CC(C)c1cn(I)nn1. The van der Waals surface area contributed by atoms with Gasteiger partial charge in [0.1, 0.15) is 0 Å². The Morgan fingerprint density at radius 1 is 1.67 bits per heavy atom. The van der Waals surface area contributed by atoms with E-state index in [0.717, 1.165) is 5.69 Å². The topological polar surface area (TPSA) is 30.7 Å². The monoisotopic (exact) mass is 237 g/mol. The van der Waals surface area contributed by atoms with Crippen LogP contribution in [0.3, 0.4) is 0 Å². The zero-order valence-electron chi connectivity index (χ0n) is 5.37. The van der Waals surface area contributed by atoms with Gasteiger partial charge >= 0.3 is 0 Å². The van der Waals surface area contributed by atoms with Crippen molar-refractivity contribution in [3.05, 3.63) is 11.9 Å². The van der Waals surface area contributed by atoms with Crippen molar-refractivity contribution in [2.45, 2.75) is 19.8 Å². The van der Waals surface area contributed by atoms with Crippen molar-refractivity contribution in [2.75, 3.05) is 0 Å². The van der Waals surface area contributed by atoms with Crippen LogP contribution in [0, 0.1) is 0 Å². The highest BCUT2D eigenvalue weighted by atomic mass is 127. The summed E-state index contributed by atoms with van der Waals surface area (Å²) in [5, 5.41) is 7.71. The van der Waals surface area contributed by atoms with Crippen LogP contribution in [-0.4, -0.2) is 13.2 Å². The van der Waals surface area contributed by atoms with E-state index in [1.807, 2.05) is 6.20 Å². The Balaban J connectivity index is 2.85. The first-order valence-corrected chi connectivity index (χ1v) is 3.75. The average Bonchev–Trinajstić information content (AvgIpc) is 2.14. The molecular weight excluding hydrogens is 229 g/mol. The molecule has 0 aliphatic rings. The summed E-state index contributed by atoms with van der Waals surface area (Å²) in [6.07, 6.45) is 1.92. The largest absolute Gasteiger partial charge is 0.191 e. The maximum atomic E-state index is 3.92. The molecule has 0 bridgehead atoms. The van der Waals surface area contributed by atoms with E-state index in [1.54, 1.807) is 2.90 Å². The summed E-state index contributed by atoms with van der Waals surface area (Å²) >= 11 is 2.08. The Morgan fingerprint density at radius 2 is 2.33 bits per heavy atom. The molecule has 50 valence electrons. The molecule has 0 radical (unpaired) electrons. The van der Waals surface area contributed by atoms with E-state index < -0.39 is 0 Å². The number of nitrogens with zero attached hydrogens (tertiary/aromatic N) is 3. The van der Waals surface area contributed by atoms with Crippen LogP contribution >= 0.6 is 22.9 Å². The second-order valence-electron chi connectivity index (χ2n) is 2.19. The predicted octanol–water partition coefficient (Wildman–Crippen LogP) is 1.60. The number of hydrogen-bond donors (Lipinski definition) is 0. The van der Waals surface area contributed by atoms with Gasteiger partial charge in [-0.05, 0) is 5.92 Å². The summed E-state index contributed by atoms with van der Waals surface area (Å²) in [6.45, 7) is 4.20. The van der Waals surface area contributed by atoms with Crippen LogP contribution in [0.1, 0.15) is 25.5 Å². The third-order valence-corrected chi connectivity index (χ3v) is 1.55. The Labute approximate surface area is 67.9 Å². The zero-order chi connectivity index (χ0) is 6.85. The van der Waals surface area contributed by atoms with Gasteiger partial charge in [-0.15, -0.1) is 5.10 Å². The van der Waals surface area contributed by atoms with E-state index >= 15 is 0 Å². The minimum absolute atomic E-state index is 0.480. The van der Waals surface area contributed by atoms with Crippen LogP contribution in [0.5, 0.6) is 0 Å². The summed E-state index contributed by atoms with van der Waals surface area (Å²) in [7, 11) is 0. The molecule has 0 spiro atoms. The van der Waals surface area contributed by atoms with Crippen molar-refractivity contribution >= 4 is 22.9 Å². The highest BCUT2D eigenvalue weighted by Gasteiger charge is 2.01. The van der Waals surface area contributed by atoms with Crippen molar-refractivity contribution < 1.29 is 0 Å². The molecule has 0 unspecified atom stereocenters. The summed E-state index contributed by atoms with van der Waals surface area (Å²) in [5.41, 5.74) is 1.05. The molecule has 0 aliphatic carbocycles. The number of rotatable bonds is 1. The Hall–Kier alpha value is -0.130. The summed E-state index contributed by atoms with van der Waals surface area (Å²) in [5.74, 6) is 0.480. The standard InChI is InChI=1S/C5H8IN3/c1-4(2)5-3-9(6)8-7-5/h3-4H,1-2H3. The van der Waals surface area contributed by atoms with Gasteiger partial charge in [-0.3, -0.25) is 0 Å². The first kappa shape index (κ1) is 6.98. The molecule has 1 aromatic rings. The molecule has 0 aromatic carbocycles. The smallest absolute Gasteiger partial charge is 0.0863 e. The second-order valence-corrected chi connectivity index (χ2v) is 3.18. The van der Waals surface area contributed by atoms with Crippen LogP contribution in [0.4, 0.5) is 0 Å². The lowest BCUT2D eigenvalue weighted by Crippen LogP contribution is -1.85. The lowest BCUT2D eigenvalue weighted by atomic mass is 10.2. The average molecular weight is 237 g/mol. The third-order valence-electron chi connectivity index (χ3n) is 1.08. The van der Waals surface area contributed by atoms with Crippen molar-refractivity contribution in [3.8, 4) is 0 Å². The summed E-state index contributed by atoms with van der Waals surface area (Å²) < 4.78 is 1.69. The van der Waals surface area contributed by atoms with Crippen LogP contribution in [-0.2, 0) is 0 Å². The van der Waals surface area contributed by atoms with Gasteiger partial charge in [0.25, 0.3) is 0 Å². The van der Waals surface area contributed by atoms with Crippen LogP contribution in [0.25, 0.3) is 0 Å². The zero-order valence-corrected chi connectivity index (χ0v) is 7.53. The fourth-order valence-electron chi connectivity index (χ4n) is 0.520. The van der Waals surface area contributed by atoms with Gasteiger partial charge < -0.3 is 0 Å². The molecule has 1 aromatic heterocycles. The quantitative estimate of drug-likeness (QED) is 0.694. The van der Waals surface area contributed by atoms with E-state index in [9.17, 15) is 0 Å². The number of hydrogen-bond acceptors (Lipinski definition) is 2. The fourth-order valence-corrected chi connectivity index (χ4v) is 0.902. The number of halogens is 1. The van der Waals surface area contributed by atoms with Gasteiger partial charge in [-0.2, -0.15) is 2.90 Å². The molecule has 1 heterocycles. The highest BCUT2D eigenvalue weighted by molar-refractivity contribution is 14.1. The van der Waals surface area contributed by atoms with E-state index in [2.05, 4.69) is 47.0 Å². The molecule has 0 saturated carbocycles.